The summed E-state index contributed by atoms with van der Waals surface area (Å²) in [4.78, 5) is 0.647. The van der Waals surface area contributed by atoms with Crippen LogP contribution < -0.4 is 5.32 Å². The summed E-state index contributed by atoms with van der Waals surface area (Å²) in [7, 11) is -1.07. The van der Waals surface area contributed by atoms with Gasteiger partial charge >= 0.3 is 0 Å². The van der Waals surface area contributed by atoms with Gasteiger partial charge in [0.2, 0.25) is 0 Å². The van der Waals surface area contributed by atoms with Gasteiger partial charge in [0.05, 0.1) is 20.7 Å². The molecule has 1 aromatic rings. The van der Waals surface area contributed by atoms with Gasteiger partial charge in [0, 0.05) is 16.8 Å². The smallest absolute Gasteiger partial charge is 0.0589 e. The predicted molar refractivity (Wildman–Crippen MR) is 89.3 cm³/mol. The highest BCUT2D eigenvalue weighted by molar-refractivity contribution is 7.85. The van der Waals surface area contributed by atoms with Gasteiger partial charge in [-0.1, -0.05) is 37.0 Å². The Kier molecular flexibility index (Phi) is 8.78. The van der Waals surface area contributed by atoms with Crippen molar-refractivity contribution < 1.29 is 4.21 Å². The molecule has 114 valence electrons. The van der Waals surface area contributed by atoms with E-state index < -0.39 is 10.8 Å². The molecule has 5 heteroatoms. The lowest BCUT2D eigenvalue weighted by Crippen LogP contribution is -2.29. The van der Waals surface area contributed by atoms with E-state index in [0.717, 1.165) is 32.2 Å². The Bertz CT molecular complexity index is 440. The molecule has 2 nitrogen and oxygen atoms in total. The van der Waals surface area contributed by atoms with E-state index >= 15 is 0 Å². The minimum atomic E-state index is -1.07. The molecular weight excluding hydrogens is 313 g/mol. The summed E-state index contributed by atoms with van der Waals surface area (Å²) >= 11 is 12.0. The Morgan fingerprint density at radius 3 is 2.70 bits per heavy atom. The van der Waals surface area contributed by atoms with E-state index in [1.165, 1.54) is 0 Å². The zero-order valence-corrected chi connectivity index (χ0v) is 14.5. The maximum atomic E-state index is 12.2. The van der Waals surface area contributed by atoms with Crippen LogP contribution in [0.1, 0.15) is 39.5 Å². The maximum Gasteiger partial charge on any atom is 0.0589 e. The van der Waals surface area contributed by atoms with Crippen molar-refractivity contribution in [3.05, 3.63) is 28.2 Å². The number of benzene rings is 1. The Labute approximate surface area is 134 Å². The van der Waals surface area contributed by atoms with Crippen LogP contribution in [-0.4, -0.2) is 22.5 Å². The van der Waals surface area contributed by atoms with Crippen LogP contribution >= 0.6 is 23.2 Å². The van der Waals surface area contributed by atoms with Crippen molar-refractivity contribution in [1.29, 1.82) is 0 Å². The van der Waals surface area contributed by atoms with E-state index in [4.69, 9.17) is 23.2 Å². The molecule has 0 spiro atoms. The minimum Gasteiger partial charge on any atom is -0.314 e. The van der Waals surface area contributed by atoms with Crippen molar-refractivity contribution in [2.45, 2.75) is 50.5 Å². The zero-order chi connectivity index (χ0) is 15.0. The SMILES string of the molecule is CCCNC(CC)CCCS(=O)c1cc(Cl)ccc1Cl. The summed E-state index contributed by atoms with van der Waals surface area (Å²) in [5, 5.41) is 4.62. The molecule has 0 bridgehead atoms. The topological polar surface area (TPSA) is 29.1 Å². The van der Waals surface area contributed by atoms with E-state index in [2.05, 4.69) is 19.2 Å². The Morgan fingerprint density at radius 1 is 1.30 bits per heavy atom. The molecule has 0 aromatic heterocycles. The largest absolute Gasteiger partial charge is 0.314 e. The van der Waals surface area contributed by atoms with Crippen LogP contribution in [0.25, 0.3) is 0 Å². The molecule has 0 aliphatic carbocycles. The van der Waals surface area contributed by atoms with Gasteiger partial charge in [-0.05, 0) is 50.4 Å². The van der Waals surface area contributed by atoms with Gasteiger partial charge in [-0.2, -0.15) is 0 Å². The molecule has 0 aliphatic rings. The van der Waals surface area contributed by atoms with Crippen molar-refractivity contribution in [3.8, 4) is 0 Å². The van der Waals surface area contributed by atoms with Crippen molar-refractivity contribution in [2.24, 2.45) is 0 Å². The zero-order valence-electron chi connectivity index (χ0n) is 12.1. The van der Waals surface area contributed by atoms with Crippen LogP contribution in [0, 0.1) is 0 Å². The molecule has 20 heavy (non-hydrogen) atoms. The third-order valence-electron chi connectivity index (χ3n) is 3.20. The fraction of sp³-hybridized carbons (Fsp3) is 0.600. The number of rotatable bonds is 9. The highest BCUT2D eigenvalue weighted by atomic mass is 35.5. The Morgan fingerprint density at radius 2 is 2.05 bits per heavy atom. The molecule has 1 N–H and O–H groups in total. The fourth-order valence-electron chi connectivity index (χ4n) is 2.02. The molecular formula is C15H23Cl2NOS. The van der Waals surface area contributed by atoms with Gasteiger partial charge in [-0.15, -0.1) is 0 Å². The molecule has 0 aliphatic heterocycles. The van der Waals surface area contributed by atoms with Crippen LogP contribution in [-0.2, 0) is 10.8 Å². The first-order valence-electron chi connectivity index (χ1n) is 7.15. The van der Waals surface area contributed by atoms with Crippen molar-refractivity contribution in [3.63, 3.8) is 0 Å². The van der Waals surface area contributed by atoms with E-state index in [9.17, 15) is 4.21 Å². The molecule has 2 atom stereocenters. The van der Waals surface area contributed by atoms with E-state index in [-0.39, 0.29) is 0 Å². The number of halogens is 2. The lowest BCUT2D eigenvalue weighted by Gasteiger charge is -2.16. The molecule has 1 aromatic carbocycles. The van der Waals surface area contributed by atoms with E-state index in [0.29, 0.717) is 26.7 Å². The van der Waals surface area contributed by atoms with Gasteiger partial charge < -0.3 is 5.32 Å². The van der Waals surface area contributed by atoms with Crippen LogP contribution in [0.3, 0.4) is 0 Å². The summed E-state index contributed by atoms with van der Waals surface area (Å²) in [5.41, 5.74) is 0. The normalized spacial score (nSPS) is 14.2. The lowest BCUT2D eigenvalue weighted by molar-refractivity contribution is 0.464. The highest BCUT2D eigenvalue weighted by Crippen LogP contribution is 2.24. The average Bonchev–Trinajstić information content (AvgIpc) is 2.45. The second-order valence-electron chi connectivity index (χ2n) is 4.83. The third-order valence-corrected chi connectivity index (χ3v) is 5.36. The second-order valence-corrected chi connectivity index (χ2v) is 7.21. The van der Waals surface area contributed by atoms with Gasteiger partial charge in [0.25, 0.3) is 0 Å². The molecule has 0 saturated heterocycles. The lowest BCUT2D eigenvalue weighted by atomic mass is 10.1. The molecule has 0 heterocycles. The highest BCUT2D eigenvalue weighted by Gasteiger charge is 2.11. The van der Waals surface area contributed by atoms with Crippen LogP contribution in [0.5, 0.6) is 0 Å². The molecule has 0 amide bonds. The third kappa shape index (κ3) is 6.13. The fourth-order valence-corrected chi connectivity index (χ4v) is 3.83. The summed E-state index contributed by atoms with van der Waals surface area (Å²) in [5.74, 6) is 0.629. The van der Waals surface area contributed by atoms with Crippen LogP contribution in [0.15, 0.2) is 23.1 Å². The Hall–Kier alpha value is -0.0900. The van der Waals surface area contributed by atoms with Gasteiger partial charge in [-0.3, -0.25) is 4.21 Å². The van der Waals surface area contributed by atoms with Crippen LogP contribution in [0.4, 0.5) is 0 Å². The second kappa shape index (κ2) is 9.78. The average molecular weight is 336 g/mol. The maximum absolute atomic E-state index is 12.2. The minimum absolute atomic E-state index is 0.516. The first kappa shape index (κ1) is 18.0. The summed E-state index contributed by atoms with van der Waals surface area (Å²) in [6.07, 6.45) is 4.20. The van der Waals surface area contributed by atoms with Gasteiger partial charge in [0.15, 0.2) is 0 Å². The molecule has 0 fully saturated rings. The molecule has 2 unspecified atom stereocenters. The molecule has 1 rings (SSSR count). The number of nitrogens with one attached hydrogen (secondary N) is 1. The quantitative estimate of drug-likeness (QED) is 0.711. The van der Waals surface area contributed by atoms with E-state index in [1.807, 2.05) is 0 Å². The number of hydrogen-bond donors (Lipinski definition) is 1. The van der Waals surface area contributed by atoms with Crippen LogP contribution in [0.2, 0.25) is 10.0 Å². The van der Waals surface area contributed by atoms with Gasteiger partial charge in [0.1, 0.15) is 0 Å². The summed E-state index contributed by atoms with van der Waals surface area (Å²) < 4.78 is 12.2. The summed E-state index contributed by atoms with van der Waals surface area (Å²) in [6, 6.07) is 5.63. The predicted octanol–water partition coefficient (Wildman–Crippen LogP) is 4.66. The van der Waals surface area contributed by atoms with Crippen molar-refractivity contribution >= 4 is 34.0 Å². The monoisotopic (exact) mass is 335 g/mol. The first-order chi connectivity index (χ1) is 9.58. The van der Waals surface area contributed by atoms with E-state index in [1.54, 1.807) is 18.2 Å². The Balaban J connectivity index is 2.44. The molecule has 0 saturated carbocycles. The first-order valence-corrected chi connectivity index (χ1v) is 9.22. The van der Waals surface area contributed by atoms with Crippen molar-refractivity contribution in [1.82, 2.24) is 5.32 Å². The number of hydrogen-bond acceptors (Lipinski definition) is 2. The van der Waals surface area contributed by atoms with Gasteiger partial charge in [-0.25, -0.2) is 0 Å². The summed E-state index contributed by atoms with van der Waals surface area (Å²) in [6.45, 7) is 5.38. The van der Waals surface area contributed by atoms with Crippen molar-refractivity contribution in [2.75, 3.05) is 12.3 Å². The standard InChI is InChI=1S/C15H23Cl2NOS/c1-3-9-18-13(4-2)6-5-10-20(19)15-11-12(16)7-8-14(15)17/h7-8,11,13,18H,3-6,9-10H2,1-2H3. The molecule has 0 radical (unpaired) electrons.